The second-order valence-corrected chi connectivity index (χ2v) is 12.0. The summed E-state index contributed by atoms with van der Waals surface area (Å²) in [6, 6.07) is 7.66. The molecule has 2 aromatic heterocycles. The Kier molecular flexibility index (Phi) is 6.36. The Morgan fingerprint density at radius 2 is 1.70 bits per heavy atom. The summed E-state index contributed by atoms with van der Waals surface area (Å²) < 4.78 is 19.4. The van der Waals surface area contributed by atoms with Crippen molar-refractivity contribution >= 4 is 62.6 Å². The van der Waals surface area contributed by atoms with E-state index in [0.717, 1.165) is 16.8 Å². The van der Waals surface area contributed by atoms with Crippen molar-refractivity contribution in [1.82, 2.24) is 19.9 Å². The lowest BCUT2D eigenvalue weighted by Crippen LogP contribution is -2.14. The van der Waals surface area contributed by atoms with Crippen LogP contribution >= 0.6 is 23.1 Å². The lowest BCUT2D eigenvalue weighted by Gasteiger charge is -2.18. The second-order valence-electron chi connectivity index (χ2n) is 8.01. The van der Waals surface area contributed by atoms with Gasteiger partial charge in [-0.2, -0.15) is 4.98 Å². The molecule has 8 nitrogen and oxygen atoms in total. The second kappa shape index (κ2) is 9.08. The molecule has 2 N–H and O–H groups in total. The van der Waals surface area contributed by atoms with Crippen LogP contribution in [0.5, 0.6) is 5.75 Å². The lowest BCUT2D eigenvalue weighted by molar-refractivity contribution is 0.416. The summed E-state index contributed by atoms with van der Waals surface area (Å²) in [7, 11) is -1.07. The Balaban J connectivity index is 1.74. The van der Waals surface area contributed by atoms with Crippen molar-refractivity contribution in [2.75, 3.05) is 31.1 Å². The molecular formula is C23H24BrN6O2P. The maximum absolute atomic E-state index is 13.2. The molecule has 4 aromatic rings. The van der Waals surface area contributed by atoms with Crippen LogP contribution in [-0.4, -0.2) is 40.4 Å². The van der Waals surface area contributed by atoms with Gasteiger partial charge in [-0.05, 0) is 78.5 Å². The molecule has 0 saturated carbocycles. The third-order valence-electron chi connectivity index (χ3n) is 5.21. The molecular weight excluding hydrogens is 503 g/mol. The number of ether oxygens (including phenoxy) is 1. The number of hydrogen-bond acceptors (Lipinski definition) is 8. The molecule has 0 amide bonds. The van der Waals surface area contributed by atoms with Gasteiger partial charge in [0, 0.05) is 18.6 Å². The van der Waals surface area contributed by atoms with Gasteiger partial charge < -0.3 is 19.9 Å². The van der Waals surface area contributed by atoms with Crippen molar-refractivity contribution in [1.29, 1.82) is 0 Å². The van der Waals surface area contributed by atoms with Crippen LogP contribution in [0.4, 0.5) is 23.1 Å². The molecule has 0 spiro atoms. The first-order valence-electron chi connectivity index (χ1n) is 10.2. The summed E-state index contributed by atoms with van der Waals surface area (Å²) in [6.45, 7) is 7.50. The number of rotatable bonds is 6. The van der Waals surface area contributed by atoms with E-state index in [9.17, 15) is 4.57 Å². The van der Waals surface area contributed by atoms with Gasteiger partial charge >= 0.3 is 0 Å². The Morgan fingerprint density at radius 1 is 0.970 bits per heavy atom. The third-order valence-corrected chi connectivity index (χ3v) is 7.32. The highest BCUT2D eigenvalue weighted by molar-refractivity contribution is 9.10. The number of fused-ring (bicyclic) bond motifs is 1. The number of hydrogen-bond donors (Lipinski definition) is 2. The number of nitrogens with one attached hydrogen (secondary N) is 2. The SMILES string of the molecule is COc1cc(C)c(C)cc1Nc1ncc(Br)c(Nc2ccc3nccnc3c2P(C)(C)=O)n1. The maximum Gasteiger partial charge on any atom is 0.229 e. The molecule has 4 rings (SSSR count). The van der Waals surface area contributed by atoms with Gasteiger partial charge in [0.15, 0.2) is 0 Å². The Bertz CT molecular complexity index is 1410. The van der Waals surface area contributed by atoms with Crippen molar-refractivity contribution in [3.63, 3.8) is 0 Å². The molecule has 170 valence electrons. The number of benzene rings is 2. The van der Waals surface area contributed by atoms with Crippen LogP contribution in [0.15, 0.2) is 47.3 Å². The zero-order valence-electron chi connectivity index (χ0n) is 19.0. The fourth-order valence-corrected chi connectivity index (χ4v) is 5.17. The van der Waals surface area contributed by atoms with Crippen LogP contribution in [0.3, 0.4) is 0 Å². The topological polar surface area (TPSA) is 102 Å². The average molecular weight is 527 g/mol. The van der Waals surface area contributed by atoms with Gasteiger partial charge in [0.25, 0.3) is 0 Å². The first-order chi connectivity index (χ1) is 15.7. The number of nitrogens with zero attached hydrogens (tertiary/aromatic N) is 4. The van der Waals surface area contributed by atoms with E-state index >= 15 is 0 Å². The highest BCUT2D eigenvalue weighted by Gasteiger charge is 2.22. The normalized spacial score (nSPS) is 11.5. The maximum atomic E-state index is 13.2. The van der Waals surface area contributed by atoms with Crippen LogP contribution < -0.4 is 20.7 Å². The van der Waals surface area contributed by atoms with Gasteiger partial charge in [-0.3, -0.25) is 9.97 Å². The minimum Gasteiger partial charge on any atom is -0.495 e. The molecule has 0 bridgehead atoms. The summed E-state index contributed by atoms with van der Waals surface area (Å²) in [5.74, 6) is 1.61. The summed E-state index contributed by atoms with van der Waals surface area (Å²) >= 11 is 3.51. The smallest absolute Gasteiger partial charge is 0.229 e. The first-order valence-corrected chi connectivity index (χ1v) is 13.6. The zero-order valence-corrected chi connectivity index (χ0v) is 21.5. The molecule has 0 aliphatic heterocycles. The molecule has 0 fully saturated rings. The van der Waals surface area contributed by atoms with E-state index in [1.165, 1.54) is 0 Å². The predicted molar refractivity (Wildman–Crippen MR) is 137 cm³/mol. The van der Waals surface area contributed by atoms with Gasteiger partial charge in [0.1, 0.15) is 24.2 Å². The summed E-state index contributed by atoms with van der Waals surface area (Å²) in [6.07, 6.45) is 4.88. The molecule has 0 saturated heterocycles. The third kappa shape index (κ3) is 4.84. The number of aromatic nitrogens is 4. The highest BCUT2D eigenvalue weighted by Crippen LogP contribution is 2.41. The van der Waals surface area contributed by atoms with Gasteiger partial charge in [-0.15, -0.1) is 0 Å². The highest BCUT2D eigenvalue weighted by atomic mass is 79.9. The van der Waals surface area contributed by atoms with E-state index in [2.05, 4.69) is 46.5 Å². The van der Waals surface area contributed by atoms with E-state index in [0.29, 0.717) is 44.0 Å². The number of anilines is 4. The van der Waals surface area contributed by atoms with E-state index in [-0.39, 0.29) is 0 Å². The lowest BCUT2D eigenvalue weighted by atomic mass is 10.1. The van der Waals surface area contributed by atoms with Crippen LogP contribution in [0, 0.1) is 13.8 Å². The molecule has 0 aliphatic rings. The van der Waals surface area contributed by atoms with Crippen molar-refractivity contribution in [2.24, 2.45) is 0 Å². The fraction of sp³-hybridized carbons (Fsp3) is 0.217. The molecule has 0 radical (unpaired) electrons. The van der Waals surface area contributed by atoms with Crippen molar-refractivity contribution < 1.29 is 9.30 Å². The summed E-state index contributed by atoms with van der Waals surface area (Å²) in [5, 5.41) is 7.17. The van der Waals surface area contributed by atoms with Crippen LogP contribution in [0.1, 0.15) is 11.1 Å². The van der Waals surface area contributed by atoms with Crippen molar-refractivity contribution in [3.8, 4) is 5.75 Å². The Labute approximate surface area is 200 Å². The first kappa shape index (κ1) is 23.1. The zero-order chi connectivity index (χ0) is 23.8. The number of halogens is 1. The van der Waals surface area contributed by atoms with Crippen LogP contribution in [0.25, 0.3) is 11.0 Å². The quantitative estimate of drug-likeness (QED) is 0.315. The van der Waals surface area contributed by atoms with E-state index < -0.39 is 7.14 Å². The minimum absolute atomic E-state index is 0.389. The Morgan fingerprint density at radius 3 is 2.42 bits per heavy atom. The largest absolute Gasteiger partial charge is 0.495 e. The molecule has 0 atom stereocenters. The average Bonchev–Trinajstić information content (AvgIpc) is 2.77. The standard InChI is InChI=1S/C23H24BrN6O2P/c1-13-10-18(19(32-3)11-14(13)2)29-23-27-12-15(24)22(30-23)28-17-7-6-16-20(26-9-8-25-16)21(17)33(4,5)31/h6-12H,1-5H3,(H2,27,28,29,30). The molecule has 2 heterocycles. The minimum atomic E-state index is -2.70. The molecule has 33 heavy (non-hydrogen) atoms. The Hall–Kier alpha value is -3.03. The predicted octanol–water partition coefficient (Wildman–Crippen LogP) is 5.54. The summed E-state index contributed by atoms with van der Waals surface area (Å²) in [4.78, 5) is 17.8. The van der Waals surface area contributed by atoms with Gasteiger partial charge in [-0.25, -0.2) is 4.98 Å². The van der Waals surface area contributed by atoms with E-state index in [1.807, 2.05) is 38.1 Å². The van der Waals surface area contributed by atoms with E-state index in [4.69, 9.17) is 4.74 Å². The van der Waals surface area contributed by atoms with Crippen LogP contribution in [0.2, 0.25) is 0 Å². The number of aryl methyl sites for hydroxylation is 2. The fourth-order valence-electron chi connectivity index (χ4n) is 3.49. The monoisotopic (exact) mass is 526 g/mol. The number of methoxy groups -OCH3 is 1. The van der Waals surface area contributed by atoms with Gasteiger partial charge in [0.2, 0.25) is 5.95 Å². The van der Waals surface area contributed by atoms with E-state index in [1.54, 1.807) is 39.0 Å². The molecule has 2 aromatic carbocycles. The molecule has 0 unspecified atom stereocenters. The van der Waals surface area contributed by atoms with Crippen LogP contribution in [-0.2, 0) is 4.57 Å². The molecule has 10 heteroatoms. The van der Waals surface area contributed by atoms with Gasteiger partial charge in [-0.1, -0.05) is 0 Å². The summed E-state index contributed by atoms with van der Waals surface area (Å²) in [5.41, 5.74) is 4.98. The van der Waals surface area contributed by atoms with Gasteiger partial charge in [0.05, 0.1) is 33.8 Å². The molecule has 0 aliphatic carbocycles. The van der Waals surface area contributed by atoms with Crippen molar-refractivity contribution in [2.45, 2.75) is 13.8 Å². The van der Waals surface area contributed by atoms with Crippen molar-refractivity contribution in [3.05, 3.63) is 58.5 Å².